The van der Waals surface area contributed by atoms with Crippen LogP contribution in [0, 0.1) is 0 Å². The van der Waals surface area contributed by atoms with Crippen molar-refractivity contribution in [2.45, 2.75) is 6.10 Å². The molecule has 0 aromatic heterocycles. The molecule has 0 atom stereocenters. The first kappa shape index (κ1) is 111. The Morgan fingerprint density at radius 2 is 0.412 bits per heavy atom. The minimum atomic E-state index is -2.92. The summed E-state index contributed by atoms with van der Waals surface area (Å²) in [5.74, 6) is 0. The van der Waals surface area contributed by atoms with E-state index in [2.05, 4.69) is 0 Å². The molecular weight excluding hydrogens is 595 g/mol. The summed E-state index contributed by atoms with van der Waals surface area (Å²) < 4.78 is 0. The van der Waals surface area contributed by atoms with Gasteiger partial charge in [0.2, 0.25) is 0 Å². The first-order chi connectivity index (χ1) is 9.74. The molecule has 0 amide bonds. The largest absolute Gasteiger partial charge is 1.00 e. The van der Waals surface area contributed by atoms with Crippen LogP contribution in [0.2, 0.25) is 0 Å². The average molecular weight is 603 g/mol. The zero-order valence-electron chi connectivity index (χ0n) is 22.5. The van der Waals surface area contributed by atoms with E-state index in [-0.39, 0.29) is 368 Å². The van der Waals surface area contributed by atoms with Crippen LogP contribution in [0.1, 0.15) is 0 Å². The average Bonchev–Trinajstić information content (AvgIpc) is 2.24. The van der Waals surface area contributed by atoms with Gasteiger partial charge in [-0.05, 0) is 0 Å². The number of hydrogen-bond donors (Lipinski definition) is 3. The number of aliphatic hydroxyl groups excluding tert-OH is 3. The summed E-state index contributed by atoms with van der Waals surface area (Å²) in [5.41, 5.74) is 0. The standard InChI is InChI=1S/C3H8O3.4BO3.12Na/c4-1-3(6)2-5;4*2-1(3)4;;;;;;;;;;;;/h3-6H,1-2H2;;;;;;;;;;;;;;;;/q;4*-3;12*+1. The molecule has 0 spiro atoms. The van der Waals surface area contributed by atoms with Crippen LogP contribution in [0.4, 0.5) is 0 Å². The van der Waals surface area contributed by atoms with Crippen LogP contribution in [0.15, 0.2) is 0 Å². The van der Waals surface area contributed by atoms with Crippen molar-refractivity contribution in [3.05, 3.63) is 0 Å². The van der Waals surface area contributed by atoms with E-state index in [0.717, 1.165) is 0 Å². The zero-order valence-corrected chi connectivity index (χ0v) is 46.5. The van der Waals surface area contributed by atoms with E-state index < -0.39 is 35.4 Å². The Morgan fingerprint density at radius 1 is 0.353 bits per heavy atom. The van der Waals surface area contributed by atoms with Gasteiger partial charge in [-0.1, -0.05) is 0 Å². The first-order valence-corrected chi connectivity index (χ1v) is 4.54. The molecular formula is C3H8B4Na12O15. The Hall–Kier alpha value is 11.7. The second-order valence-corrected chi connectivity index (χ2v) is 2.17. The van der Waals surface area contributed by atoms with E-state index in [4.69, 9.17) is 75.6 Å². The van der Waals surface area contributed by atoms with Crippen molar-refractivity contribution in [1.29, 1.82) is 0 Å². The maximum atomic E-state index is 8.42. The Bertz CT molecular complexity index is 151. The van der Waals surface area contributed by atoms with Gasteiger partial charge in [0.25, 0.3) is 0 Å². The smallest absolute Gasteiger partial charge is 0.907 e. The summed E-state index contributed by atoms with van der Waals surface area (Å²) in [7, 11) is -11.7. The number of aliphatic hydroxyl groups is 3. The van der Waals surface area contributed by atoms with Crippen LogP contribution in [-0.2, 0) is 0 Å². The van der Waals surface area contributed by atoms with Crippen molar-refractivity contribution >= 4 is 29.3 Å². The minimum absolute atomic E-state index is 0. The molecule has 0 fully saturated rings. The monoisotopic (exact) mass is 604 g/mol. The summed E-state index contributed by atoms with van der Waals surface area (Å²) in [5, 5.41) is 125. The molecule has 34 heavy (non-hydrogen) atoms. The molecule has 3 N–H and O–H groups in total. The van der Waals surface area contributed by atoms with Crippen molar-refractivity contribution in [1.82, 2.24) is 0 Å². The molecule has 0 aliphatic heterocycles. The first-order valence-electron chi connectivity index (χ1n) is 4.54. The molecule has 0 radical (unpaired) electrons. The fourth-order valence-corrected chi connectivity index (χ4v) is 0.0577. The maximum Gasteiger partial charge on any atom is 1.00 e. The Morgan fingerprint density at radius 3 is 0.412 bits per heavy atom. The predicted molar refractivity (Wildman–Crippen MR) is 43.2 cm³/mol. The van der Waals surface area contributed by atoms with Crippen LogP contribution >= 0.6 is 0 Å². The quantitative estimate of drug-likeness (QED) is 0.247. The number of rotatable bonds is 2. The van der Waals surface area contributed by atoms with Gasteiger partial charge in [0, 0.05) is 0 Å². The molecule has 0 unspecified atom stereocenters. The fraction of sp³-hybridized carbons (Fsp3) is 1.00. The fourth-order valence-electron chi connectivity index (χ4n) is 0.0577. The summed E-state index contributed by atoms with van der Waals surface area (Å²) >= 11 is 0. The third kappa shape index (κ3) is 324. The van der Waals surface area contributed by atoms with E-state index in [9.17, 15) is 0 Å². The molecule has 0 aliphatic carbocycles. The summed E-state index contributed by atoms with van der Waals surface area (Å²) in [4.78, 5) is 0. The second-order valence-electron chi connectivity index (χ2n) is 2.17. The van der Waals surface area contributed by atoms with Gasteiger partial charge in [-0.25, -0.2) is 0 Å². The Balaban J connectivity index is -0.00000000656. The van der Waals surface area contributed by atoms with Gasteiger partial charge in [0.05, 0.1) is 13.2 Å². The predicted octanol–water partition coefficient (Wildman–Crippen LogP) is -53.4. The van der Waals surface area contributed by atoms with Crippen molar-refractivity contribution < 1.29 is 430 Å². The summed E-state index contributed by atoms with van der Waals surface area (Å²) in [6, 6.07) is 0. The molecule has 0 saturated carbocycles. The molecule has 0 rings (SSSR count). The molecule has 31 heteroatoms. The molecule has 0 aromatic carbocycles. The van der Waals surface area contributed by atoms with Gasteiger partial charge in [0.1, 0.15) is 6.10 Å². The van der Waals surface area contributed by atoms with Crippen molar-refractivity contribution in [3.63, 3.8) is 0 Å². The van der Waals surface area contributed by atoms with Gasteiger partial charge in [-0.3, -0.25) is 29.3 Å². The van der Waals surface area contributed by atoms with Crippen LogP contribution in [-0.4, -0.2) is 63.9 Å². The van der Waals surface area contributed by atoms with Gasteiger partial charge in [-0.15, -0.1) is 0 Å². The van der Waals surface area contributed by atoms with E-state index in [1.807, 2.05) is 0 Å². The van der Waals surface area contributed by atoms with Crippen LogP contribution in [0.3, 0.4) is 0 Å². The van der Waals surface area contributed by atoms with Crippen molar-refractivity contribution in [3.8, 4) is 0 Å². The van der Waals surface area contributed by atoms with Crippen LogP contribution < -0.4 is 415 Å². The van der Waals surface area contributed by atoms with Crippen LogP contribution in [0.5, 0.6) is 0 Å². The topological polar surface area (TPSA) is 337 Å². The van der Waals surface area contributed by atoms with E-state index in [1.165, 1.54) is 0 Å². The second kappa shape index (κ2) is 104. The molecule has 0 aliphatic rings. The van der Waals surface area contributed by atoms with Crippen molar-refractivity contribution in [2.24, 2.45) is 0 Å². The molecule has 0 bridgehead atoms. The Kier molecular flexibility index (Phi) is 338. The van der Waals surface area contributed by atoms with Gasteiger partial charge in [0.15, 0.2) is 0 Å². The van der Waals surface area contributed by atoms with Gasteiger partial charge >= 0.3 is 355 Å². The Labute approximate surface area is 466 Å². The summed E-state index contributed by atoms with van der Waals surface area (Å²) in [6.45, 7) is -0.729. The minimum Gasteiger partial charge on any atom is -0.907 e. The van der Waals surface area contributed by atoms with Gasteiger partial charge < -0.3 is 75.6 Å². The van der Waals surface area contributed by atoms with Crippen LogP contribution in [0.25, 0.3) is 0 Å². The third-order valence-electron chi connectivity index (χ3n) is 0.421. The molecule has 0 saturated heterocycles. The van der Waals surface area contributed by atoms with Crippen molar-refractivity contribution in [2.75, 3.05) is 13.2 Å². The normalized spacial score (nSPS) is 4.94. The maximum absolute atomic E-state index is 8.42. The SMILES string of the molecule is OCC(O)CO.[Na+].[Na+].[Na+].[Na+].[Na+].[Na+].[Na+].[Na+].[Na+].[Na+].[Na+].[Na+].[O-]B([O-])[O-].[O-]B([O-])[O-].[O-]B([O-])[O-].[O-]B([O-])[O-]. The molecule has 0 aromatic rings. The molecule has 134 valence electrons. The zero-order chi connectivity index (χ0) is 19.3. The summed E-state index contributed by atoms with van der Waals surface area (Å²) in [6.07, 6.45) is -0.954. The molecule has 15 nitrogen and oxygen atoms in total. The van der Waals surface area contributed by atoms with E-state index in [1.54, 1.807) is 0 Å². The van der Waals surface area contributed by atoms with E-state index in [0.29, 0.717) is 0 Å². The molecule has 0 heterocycles. The third-order valence-corrected chi connectivity index (χ3v) is 0.421. The van der Waals surface area contributed by atoms with Gasteiger partial charge in [-0.2, -0.15) is 0 Å². The number of hydrogen-bond acceptors (Lipinski definition) is 15. The van der Waals surface area contributed by atoms with E-state index >= 15 is 0 Å².